The first kappa shape index (κ1) is 10.7. The minimum atomic E-state index is 0.0448. The van der Waals surface area contributed by atoms with Gasteiger partial charge in [0.25, 0.3) is 0 Å². The van der Waals surface area contributed by atoms with Crippen LogP contribution in [0.4, 0.5) is 0 Å². The number of carbonyl (C=O) groups excluding carboxylic acids is 1. The summed E-state index contributed by atoms with van der Waals surface area (Å²) in [5.41, 5.74) is 6.44. The van der Waals surface area contributed by atoms with E-state index in [9.17, 15) is 4.79 Å². The van der Waals surface area contributed by atoms with Gasteiger partial charge >= 0.3 is 0 Å². The average Bonchev–Trinajstić information content (AvgIpc) is 2.20. The van der Waals surface area contributed by atoms with Gasteiger partial charge in [0.15, 0.2) is 0 Å². The van der Waals surface area contributed by atoms with E-state index in [2.05, 4.69) is 23.0 Å². The highest BCUT2D eigenvalue weighted by Gasteiger charge is 1.98. The van der Waals surface area contributed by atoms with Gasteiger partial charge in [-0.05, 0) is 18.4 Å². The lowest BCUT2D eigenvalue weighted by Crippen LogP contribution is -2.33. The molecule has 3 nitrogen and oxygen atoms in total. The molecule has 0 bridgehead atoms. The van der Waals surface area contributed by atoms with Crippen molar-refractivity contribution in [1.82, 2.24) is 10.9 Å². The minimum absolute atomic E-state index is 0.0448. The fourth-order valence-electron chi connectivity index (χ4n) is 1.30. The molecule has 0 atom stereocenters. The molecule has 3 heteroatoms. The van der Waals surface area contributed by atoms with Crippen LogP contribution in [0.15, 0.2) is 30.3 Å². The van der Waals surface area contributed by atoms with Crippen molar-refractivity contribution < 1.29 is 4.79 Å². The van der Waals surface area contributed by atoms with Gasteiger partial charge in [-0.3, -0.25) is 10.2 Å². The van der Waals surface area contributed by atoms with Gasteiger partial charge in [0, 0.05) is 13.5 Å². The number of amides is 1. The molecule has 14 heavy (non-hydrogen) atoms. The Kier molecular flexibility index (Phi) is 4.72. The molecule has 0 aromatic heterocycles. The lowest BCUT2D eigenvalue weighted by Gasteiger charge is -2.02. The van der Waals surface area contributed by atoms with Crippen molar-refractivity contribution in [3.8, 4) is 0 Å². The zero-order chi connectivity index (χ0) is 10.2. The van der Waals surface area contributed by atoms with Gasteiger partial charge in [-0.25, -0.2) is 5.43 Å². The number of carbonyl (C=O) groups is 1. The van der Waals surface area contributed by atoms with Crippen LogP contribution < -0.4 is 10.9 Å². The SMILES string of the molecule is CNNC(=O)CCCc1ccccc1. The molecule has 1 rings (SSSR count). The van der Waals surface area contributed by atoms with Crippen LogP contribution in [0.25, 0.3) is 0 Å². The number of nitrogens with one attached hydrogen (secondary N) is 2. The highest BCUT2D eigenvalue weighted by molar-refractivity contribution is 5.75. The quantitative estimate of drug-likeness (QED) is 0.690. The van der Waals surface area contributed by atoms with Crippen molar-refractivity contribution in [3.05, 3.63) is 35.9 Å². The number of hydrazine groups is 1. The highest BCUT2D eigenvalue weighted by atomic mass is 16.2. The first-order chi connectivity index (χ1) is 6.83. The lowest BCUT2D eigenvalue weighted by atomic mass is 10.1. The molecule has 0 radical (unpaired) electrons. The summed E-state index contributed by atoms with van der Waals surface area (Å²) in [4.78, 5) is 11.1. The number of aryl methyl sites for hydroxylation is 1. The predicted octanol–water partition coefficient (Wildman–Crippen LogP) is 1.26. The van der Waals surface area contributed by atoms with Crippen molar-refractivity contribution in [2.45, 2.75) is 19.3 Å². The maximum Gasteiger partial charge on any atom is 0.234 e. The molecule has 0 unspecified atom stereocenters. The van der Waals surface area contributed by atoms with Crippen molar-refractivity contribution in [3.63, 3.8) is 0 Å². The van der Waals surface area contributed by atoms with Gasteiger partial charge in [-0.1, -0.05) is 30.3 Å². The van der Waals surface area contributed by atoms with Crippen LogP contribution >= 0.6 is 0 Å². The van der Waals surface area contributed by atoms with Crippen molar-refractivity contribution >= 4 is 5.91 Å². The topological polar surface area (TPSA) is 41.1 Å². The van der Waals surface area contributed by atoms with Crippen LogP contribution in [-0.2, 0) is 11.2 Å². The second-order valence-corrected chi connectivity index (χ2v) is 3.14. The summed E-state index contributed by atoms with van der Waals surface area (Å²) >= 11 is 0. The molecule has 0 spiro atoms. The van der Waals surface area contributed by atoms with Crippen molar-refractivity contribution in [1.29, 1.82) is 0 Å². The molecule has 0 aliphatic carbocycles. The average molecular weight is 192 g/mol. The Labute approximate surface area is 84.5 Å². The van der Waals surface area contributed by atoms with Crippen LogP contribution in [0.1, 0.15) is 18.4 Å². The Balaban J connectivity index is 2.19. The summed E-state index contributed by atoms with van der Waals surface area (Å²) in [6.45, 7) is 0. The van der Waals surface area contributed by atoms with E-state index in [0.717, 1.165) is 12.8 Å². The number of benzene rings is 1. The second kappa shape index (κ2) is 6.16. The van der Waals surface area contributed by atoms with Crippen LogP contribution in [0, 0.1) is 0 Å². The third-order valence-electron chi connectivity index (χ3n) is 1.98. The van der Waals surface area contributed by atoms with Gasteiger partial charge in [-0.15, -0.1) is 0 Å². The van der Waals surface area contributed by atoms with E-state index in [4.69, 9.17) is 0 Å². The summed E-state index contributed by atoms with van der Waals surface area (Å²) in [5.74, 6) is 0.0448. The second-order valence-electron chi connectivity index (χ2n) is 3.14. The molecule has 0 aliphatic heterocycles. The number of hydrogen-bond donors (Lipinski definition) is 2. The van der Waals surface area contributed by atoms with Crippen molar-refractivity contribution in [2.75, 3.05) is 7.05 Å². The molecule has 0 saturated heterocycles. The maximum absolute atomic E-state index is 11.1. The van der Waals surface area contributed by atoms with Gasteiger partial charge < -0.3 is 0 Å². The molecule has 1 amide bonds. The first-order valence-corrected chi connectivity index (χ1v) is 4.82. The van der Waals surface area contributed by atoms with Crippen LogP contribution in [0.3, 0.4) is 0 Å². The molecule has 0 heterocycles. The molecular weight excluding hydrogens is 176 g/mol. The van der Waals surface area contributed by atoms with E-state index in [-0.39, 0.29) is 5.91 Å². The van der Waals surface area contributed by atoms with Gasteiger partial charge in [0.1, 0.15) is 0 Å². The normalized spacial score (nSPS) is 9.79. The molecular formula is C11H16N2O. The zero-order valence-electron chi connectivity index (χ0n) is 8.42. The Hall–Kier alpha value is -1.35. The predicted molar refractivity (Wildman–Crippen MR) is 56.6 cm³/mol. The first-order valence-electron chi connectivity index (χ1n) is 4.82. The summed E-state index contributed by atoms with van der Waals surface area (Å²) in [6, 6.07) is 10.2. The largest absolute Gasteiger partial charge is 0.292 e. The van der Waals surface area contributed by atoms with E-state index in [0.29, 0.717) is 6.42 Å². The standard InChI is InChI=1S/C11H16N2O/c1-12-13-11(14)9-5-8-10-6-3-2-4-7-10/h2-4,6-7,12H,5,8-9H2,1H3,(H,13,14). The summed E-state index contributed by atoms with van der Waals surface area (Å²) in [5, 5.41) is 0. The van der Waals surface area contributed by atoms with E-state index in [1.165, 1.54) is 5.56 Å². The molecule has 0 aliphatic rings. The molecule has 1 aromatic rings. The van der Waals surface area contributed by atoms with E-state index >= 15 is 0 Å². The van der Waals surface area contributed by atoms with Crippen molar-refractivity contribution in [2.24, 2.45) is 0 Å². The summed E-state index contributed by atoms with van der Waals surface area (Å²) < 4.78 is 0. The molecule has 1 aromatic carbocycles. The van der Waals surface area contributed by atoms with E-state index in [1.54, 1.807) is 7.05 Å². The van der Waals surface area contributed by atoms with Crippen LogP contribution in [-0.4, -0.2) is 13.0 Å². The maximum atomic E-state index is 11.1. The highest BCUT2D eigenvalue weighted by Crippen LogP contribution is 2.03. The summed E-state index contributed by atoms with van der Waals surface area (Å²) in [6.07, 6.45) is 2.41. The van der Waals surface area contributed by atoms with Crippen LogP contribution in [0.5, 0.6) is 0 Å². The lowest BCUT2D eigenvalue weighted by molar-refractivity contribution is -0.122. The third-order valence-corrected chi connectivity index (χ3v) is 1.98. The number of hydrogen-bond acceptors (Lipinski definition) is 2. The number of rotatable bonds is 5. The molecule has 76 valence electrons. The minimum Gasteiger partial charge on any atom is -0.292 e. The Bertz CT molecular complexity index is 272. The van der Waals surface area contributed by atoms with Gasteiger partial charge in [0.2, 0.25) is 5.91 Å². The van der Waals surface area contributed by atoms with Gasteiger partial charge in [0.05, 0.1) is 0 Å². The summed E-state index contributed by atoms with van der Waals surface area (Å²) in [7, 11) is 1.69. The fourth-order valence-corrected chi connectivity index (χ4v) is 1.30. The monoisotopic (exact) mass is 192 g/mol. The third kappa shape index (κ3) is 4.05. The molecule has 0 fully saturated rings. The Morgan fingerprint density at radius 2 is 2.00 bits per heavy atom. The van der Waals surface area contributed by atoms with Gasteiger partial charge in [-0.2, -0.15) is 0 Å². The van der Waals surface area contributed by atoms with E-state index in [1.807, 2.05) is 18.2 Å². The molecule has 2 N–H and O–H groups in total. The van der Waals surface area contributed by atoms with Crippen LogP contribution in [0.2, 0.25) is 0 Å². The fraction of sp³-hybridized carbons (Fsp3) is 0.364. The Morgan fingerprint density at radius 1 is 1.29 bits per heavy atom. The molecule has 0 saturated carbocycles. The van der Waals surface area contributed by atoms with E-state index < -0.39 is 0 Å². The zero-order valence-corrected chi connectivity index (χ0v) is 8.42. The smallest absolute Gasteiger partial charge is 0.234 e. The Morgan fingerprint density at radius 3 is 2.64 bits per heavy atom.